The molecule has 3 heterocycles. The zero-order chi connectivity index (χ0) is 14.6. The van der Waals surface area contributed by atoms with Crippen molar-refractivity contribution >= 4 is 17.1 Å². The Labute approximate surface area is 121 Å². The maximum Gasteiger partial charge on any atom is 0.407 e. The second-order valence-electron chi connectivity index (χ2n) is 6.02. The van der Waals surface area contributed by atoms with Gasteiger partial charge in [-0.2, -0.15) is 0 Å². The van der Waals surface area contributed by atoms with Crippen molar-refractivity contribution in [3.63, 3.8) is 0 Å². The third-order valence-electron chi connectivity index (χ3n) is 4.92. The number of hydrogen-bond donors (Lipinski definition) is 2. The number of piperidine rings is 1. The van der Waals surface area contributed by atoms with E-state index < -0.39 is 6.09 Å². The fourth-order valence-electron chi connectivity index (χ4n) is 4.11. The van der Waals surface area contributed by atoms with E-state index in [0.717, 1.165) is 36.7 Å². The SMILES string of the molecule is O=C(O)N1C2CCC1CC(n1c(=O)[nH]c3ccccc31)C2. The first-order valence-corrected chi connectivity index (χ1v) is 7.35. The van der Waals surface area contributed by atoms with Gasteiger partial charge in [0.15, 0.2) is 0 Å². The van der Waals surface area contributed by atoms with Gasteiger partial charge >= 0.3 is 11.8 Å². The van der Waals surface area contributed by atoms with Gasteiger partial charge in [-0.3, -0.25) is 4.57 Å². The molecule has 4 rings (SSSR count). The van der Waals surface area contributed by atoms with Crippen LogP contribution in [-0.4, -0.2) is 37.7 Å². The molecule has 1 aromatic heterocycles. The largest absolute Gasteiger partial charge is 0.465 e. The van der Waals surface area contributed by atoms with Crippen LogP contribution in [0, 0.1) is 0 Å². The Morgan fingerprint density at radius 1 is 1.14 bits per heavy atom. The molecule has 2 bridgehead atoms. The summed E-state index contributed by atoms with van der Waals surface area (Å²) >= 11 is 0. The number of hydrogen-bond acceptors (Lipinski definition) is 2. The number of nitrogens with zero attached hydrogens (tertiary/aromatic N) is 2. The lowest BCUT2D eigenvalue weighted by molar-refractivity contribution is 0.0870. The predicted octanol–water partition coefficient (Wildman–Crippen LogP) is 2.18. The number of amides is 1. The molecule has 0 radical (unpaired) electrons. The van der Waals surface area contributed by atoms with E-state index in [4.69, 9.17) is 0 Å². The Bertz CT molecular complexity index is 749. The molecule has 2 aliphatic heterocycles. The van der Waals surface area contributed by atoms with Crippen LogP contribution in [0.3, 0.4) is 0 Å². The summed E-state index contributed by atoms with van der Waals surface area (Å²) in [5.41, 5.74) is 1.66. The van der Waals surface area contributed by atoms with Gasteiger partial charge in [-0.15, -0.1) is 0 Å². The van der Waals surface area contributed by atoms with Gasteiger partial charge in [-0.1, -0.05) is 12.1 Å². The average Bonchev–Trinajstić information content (AvgIpc) is 2.92. The second-order valence-corrected chi connectivity index (χ2v) is 6.02. The molecule has 2 aromatic rings. The van der Waals surface area contributed by atoms with E-state index in [0.29, 0.717) is 0 Å². The van der Waals surface area contributed by atoms with Crippen LogP contribution in [0.15, 0.2) is 29.1 Å². The zero-order valence-corrected chi connectivity index (χ0v) is 11.5. The summed E-state index contributed by atoms with van der Waals surface area (Å²) in [5, 5.41) is 9.31. The molecule has 2 saturated heterocycles. The molecule has 2 atom stereocenters. The van der Waals surface area contributed by atoms with Crippen molar-refractivity contribution in [3.8, 4) is 0 Å². The molecule has 1 aromatic carbocycles. The van der Waals surface area contributed by atoms with Crippen molar-refractivity contribution in [1.29, 1.82) is 0 Å². The maximum atomic E-state index is 12.3. The molecule has 21 heavy (non-hydrogen) atoms. The number of aromatic nitrogens is 2. The smallest absolute Gasteiger partial charge is 0.407 e. The lowest BCUT2D eigenvalue weighted by Crippen LogP contribution is -2.47. The van der Waals surface area contributed by atoms with E-state index in [-0.39, 0.29) is 23.8 Å². The van der Waals surface area contributed by atoms with Crippen molar-refractivity contribution in [2.45, 2.75) is 43.8 Å². The Hall–Kier alpha value is -2.24. The van der Waals surface area contributed by atoms with Crippen molar-refractivity contribution in [1.82, 2.24) is 14.5 Å². The summed E-state index contributed by atoms with van der Waals surface area (Å²) < 4.78 is 1.82. The number of fused-ring (bicyclic) bond motifs is 3. The highest BCUT2D eigenvalue weighted by Gasteiger charge is 2.44. The molecular weight excluding hydrogens is 270 g/mol. The number of carboxylic acid groups (broad SMARTS) is 1. The van der Waals surface area contributed by atoms with Crippen molar-refractivity contribution in [3.05, 3.63) is 34.7 Å². The monoisotopic (exact) mass is 287 g/mol. The minimum Gasteiger partial charge on any atom is -0.465 e. The third kappa shape index (κ3) is 1.78. The Kier molecular flexibility index (Phi) is 2.60. The molecule has 2 fully saturated rings. The van der Waals surface area contributed by atoms with E-state index in [1.165, 1.54) is 0 Å². The van der Waals surface area contributed by atoms with Crippen LogP contribution in [0.4, 0.5) is 4.79 Å². The van der Waals surface area contributed by atoms with Crippen molar-refractivity contribution < 1.29 is 9.90 Å². The molecule has 1 amide bonds. The van der Waals surface area contributed by atoms with Gasteiger partial charge in [-0.05, 0) is 37.8 Å². The fraction of sp³-hybridized carbons (Fsp3) is 0.467. The van der Waals surface area contributed by atoms with Gasteiger partial charge in [-0.25, -0.2) is 9.59 Å². The molecule has 0 spiro atoms. The summed E-state index contributed by atoms with van der Waals surface area (Å²) in [7, 11) is 0. The van der Waals surface area contributed by atoms with Crippen LogP contribution in [0.1, 0.15) is 31.7 Å². The summed E-state index contributed by atoms with van der Waals surface area (Å²) in [6.45, 7) is 0. The minimum atomic E-state index is -0.827. The highest BCUT2D eigenvalue weighted by Crippen LogP contribution is 2.41. The molecule has 0 aliphatic carbocycles. The number of para-hydroxylation sites is 2. The first kappa shape index (κ1) is 12.5. The van der Waals surface area contributed by atoms with Gasteiger partial charge < -0.3 is 15.0 Å². The minimum absolute atomic E-state index is 0.0480. The highest BCUT2D eigenvalue weighted by atomic mass is 16.4. The van der Waals surface area contributed by atoms with Gasteiger partial charge in [0.1, 0.15) is 0 Å². The van der Waals surface area contributed by atoms with E-state index in [1.54, 1.807) is 4.90 Å². The number of H-pyrrole nitrogens is 1. The number of aromatic amines is 1. The van der Waals surface area contributed by atoms with E-state index >= 15 is 0 Å². The average molecular weight is 287 g/mol. The quantitative estimate of drug-likeness (QED) is 0.843. The van der Waals surface area contributed by atoms with Gasteiger partial charge in [0.2, 0.25) is 0 Å². The standard InChI is InChI=1S/C15H17N3O3/c19-14-16-12-3-1-2-4-13(12)18(14)11-7-9-5-6-10(8-11)17(9)15(20)21/h1-4,9-11H,5-8H2,(H,16,19)(H,20,21). The molecule has 6 heteroatoms. The first-order valence-electron chi connectivity index (χ1n) is 7.35. The number of carbonyl (C=O) groups is 1. The maximum absolute atomic E-state index is 12.3. The summed E-state index contributed by atoms with van der Waals surface area (Å²) in [6, 6.07) is 7.85. The van der Waals surface area contributed by atoms with Crippen molar-refractivity contribution in [2.24, 2.45) is 0 Å². The number of benzene rings is 1. The van der Waals surface area contributed by atoms with Crippen LogP contribution in [0.25, 0.3) is 11.0 Å². The third-order valence-corrected chi connectivity index (χ3v) is 4.92. The molecule has 0 saturated carbocycles. The topological polar surface area (TPSA) is 78.3 Å². The molecular formula is C15H17N3O3. The summed E-state index contributed by atoms with van der Waals surface area (Å²) in [6.07, 6.45) is 2.44. The van der Waals surface area contributed by atoms with Crippen molar-refractivity contribution in [2.75, 3.05) is 0 Å². The van der Waals surface area contributed by atoms with E-state index in [9.17, 15) is 14.7 Å². The highest BCUT2D eigenvalue weighted by molar-refractivity contribution is 5.75. The number of rotatable bonds is 1. The summed E-state index contributed by atoms with van der Waals surface area (Å²) in [5.74, 6) is 0. The van der Waals surface area contributed by atoms with Crippen LogP contribution in [-0.2, 0) is 0 Å². The molecule has 2 aliphatic rings. The predicted molar refractivity (Wildman–Crippen MR) is 77.5 cm³/mol. The summed E-state index contributed by atoms with van der Waals surface area (Å²) in [4.78, 5) is 28.1. The Balaban J connectivity index is 1.74. The zero-order valence-electron chi connectivity index (χ0n) is 11.5. The van der Waals surface area contributed by atoms with Crippen LogP contribution < -0.4 is 5.69 Å². The lowest BCUT2D eigenvalue weighted by atomic mass is 9.97. The Morgan fingerprint density at radius 2 is 1.81 bits per heavy atom. The van der Waals surface area contributed by atoms with E-state index in [2.05, 4.69) is 4.98 Å². The van der Waals surface area contributed by atoms with Crippen LogP contribution >= 0.6 is 0 Å². The van der Waals surface area contributed by atoms with Crippen LogP contribution in [0.2, 0.25) is 0 Å². The molecule has 110 valence electrons. The van der Waals surface area contributed by atoms with Gasteiger partial charge in [0.05, 0.1) is 11.0 Å². The van der Waals surface area contributed by atoms with Gasteiger partial charge in [0, 0.05) is 18.1 Å². The fourth-order valence-corrected chi connectivity index (χ4v) is 4.11. The molecule has 6 nitrogen and oxygen atoms in total. The first-order chi connectivity index (χ1) is 10.1. The lowest BCUT2D eigenvalue weighted by Gasteiger charge is -2.37. The second kappa shape index (κ2) is 4.38. The molecule has 2 N–H and O–H groups in total. The molecule has 2 unspecified atom stereocenters. The normalized spacial score (nSPS) is 28.2. The number of nitrogens with one attached hydrogen (secondary N) is 1. The van der Waals surface area contributed by atoms with E-state index in [1.807, 2.05) is 28.8 Å². The van der Waals surface area contributed by atoms with Crippen LogP contribution in [0.5, 0.6) is 0 Å². The van der Waals surface area contributed by atoms with Gasteiger partial charge in [0.25, 0.3) is 0 Å². The Morgan fingerprint density at radius 3 is 2.48 bits per heavy atom. The number of imidazole rings is 1.